The average Bonchev–Trinajstić information content (AvgIpc) is 2.45. The van der Waals surface area contributed by atoms with Crippen molar-refractivity contribution in [1.82, 2.24) is 4.90 Å². The zero-order valence-electron chi connectivity index (χ0n) is 13.2. The molecule has 0 unspecified atom stereocenters. The molecule has 1 aliphatic rings. The first-order valence-electron chi connectivity index (χ1n) is 7.57. The third-order valence-corrected chi connectivity index (χ3v) is 3.98. The predicted molar refractivity (Wildman–Crippen MR) is 85.8 cm³/mol. The molecule has 0 radical (unpaired) electrons. The molecule has 116 valence electrons. The quantitative estimate of drug-likeness (QED) is 0.631. The van der Waals surface area contributed by atoms with Gasteiger partial charge in [-0.2, -0.15) is 0 Å². The molecule has 1 aromatic rings. The van der Waals surface area contributed by atoms with Crippen LogP contribution in [0.2, 0.25) is 0 Å². The van der Waals surface area contributed by atoms with Gasteiger partial charge in [0.2, 0.25) is 0 Å². The van der Waals surface area contributed by atoms with E-state index < -0.39 is 0 Å². The molecule has 0 spiro atoms. The molecule has 0 N–H and O–H groups in total. The molecule has 5 heteroatoms. The summed E-state index contributed by atoms with van der Waals surface area (Å²) in [7, 11) is 0. The highest BCUT2D eigenvalue weighted by Crippen LogP contribution is 2.22. The van der Waals surface area contributed by atoms with E-state index in [1.807, 2.05) is 12.1 Å². The lowest BCUT2D eigenvalue weighted by molar-refractivity contribution is -0.384. The van der Waals surface area contributed by atoms with Gasteiger partial charge < -0.3 is 4.90 Å². The van der Waals surface area contributed by atoms with Crippen LogP contribution in [0.3, 0.4) is 0 Å². The Balaban J connectivity index is 1.84. The van der Waals surface area contributed by atoms with Crippen molar-refractivity contribution in [2.45, 2.75) is 27.2 Å². The molecule has 1 heterocycles. The molecule has 21 heavy (non-hydrogen) atoms. The van der Waals surface area contributed by atoms with Gasteiger partial charge in [-0.15, -0.1) is 0 Å². The maximum Gasteiger partial charge on any atom is 0.269 e. The van der Waals surface area contributed by atoms with Crippen LogP contribution in [-0.4, -0.2) is 42.5 Å². The number of anilines is 1. The van der Waals surface area contributed by atoms with E-state index in [9.17, 15) is 10.1 Å². The van der Waals surface area contributed by atoms with E-state index in [2.05, 4.69) is 30.6 Å². The second-order valence-electron chi connectivity index (χ2n) is 6.91. The maximum absolute atomic E-state index is 10.7. The number of non-ortho nitro benzene ring substituents is 1. The van der Waals surface area contributed by atoms with Crippen molar-refractivity contribution < 1.29 is 4.92 Å². The molecule has 0 amide bonds. The van der Waals surface area contributed by atoms with Crippen molar-refractivity contribution in [1.29, 1.82) is 0 Å². The third kappa shape index (κ3) is 4.70. The van der Waals surface area contributed by atoms with Gasteiger partial charge in [-0.3, -0.25) is 15.0 Å². The fourth-order valence-electron chi connectivity index (χ4n) is 2.51. The van der Waals surface area contributed by atoms with E-state index in [0.29, 0.717) is 5.41 Å². The van der Waals surface area contributed by atoms with Gasteiger partial charge in [-0.25, -0.2) is 0 Å². The van der Waals surface area contributed by atoms with Gasteiger partial charge >= 0.3 is 0 Å². The van der Waals surface area contributed by atoms with E-state index in [1.54, 1.807) is 12.1 Å². The van der Waals surface area contributed by atoms with Crippen LogP contribution < -0.4 is 4.90 Å². The summed E-state index contributed by atoms with van der Waals surface area (Å²) in [4.78, 5) is 15.1. The second-order valence-corrected chi connectivity index (χ2v) is 6.91. The fourth-order valence-corrected chi connectivity index (χ4v) is 2.51. The van der Waals surface area contributed by atoms with E-state index >= 15 is 0 Å². The molecule has 1 saturated heterocycles. The van der Waals surface area contributed by atoms with Crippen molar-refractivity contribution >= 4 is 11.4 Å². The Kier molecular flexibility index (Phi) is 4.83. The van der Waals surface area contributed by atoms with Crippen molar-refractivity contribution in [3.63, 3.8) is 0 Å². The Morgan fingerprint density at radius 3 is 2.14 bits per heavy atom. The predicted octanol–water partition coefficient (Wildman–Crippen LogP) is 3.15. The van der Waals surface area contributed by atoms with Gasteiger partial charge in [-0.05, 0) is 30.5 Å². The first-order valence-corrected chi connectivity index (χ1v) is 7.57. The first kappa shape index (κ1) is 15.8. The minimum absolute atomic E-state index is 0.155. The van der Waals surface area contributed by atoms with Crippen LogP contribution in [-0.2, 0) is 0 Å². The Hall–Kier alpha value is -1.62. The Morgan fingerprint density at radius 1 is 1.10 bits per heavy atom. The van der Waals surface area contributed by atoms with Crippen LogP contribution in [0.4, 0.5) is 11.4 Å². The number of piperazine rings is 1. The summed E-state index contributed by atoms with van der Waals surface area (Å²) in [6.45, 7) is 12.1. The van der Waals surface area contributed by atoms with E-state index in [4.69, 9.17) is 0 Å². The minimum Gasteiger partial charge on any atom is -0.369 e. The van der Waals surface area contributed by atoms with Gasteiger partial charge in [0.15, 0.2) is 0 Å². The van der Waals surface area contributed by atoms with Crippen molar-refractivity contribution in [3.8, 4) is 0 Å². The monoisotopic (exact) mass is 291 g/mol. The van der Waals surface area contributed by atoms with Crippen LogP contribution in [0.1, 0.15) is 27.2 Å². The van der Waals surface area contributed by atoms with Crippen LogP contribution >= 0.6 is 0 Å². The first-order chi connectivity index (χ1) is 9.85. The van der Waals surface area contributed by atoms with Crippen molar-refractivity contribution in [3.05, 3.63) is 34.4 Å². The molecular formula is C16H25N3O2. The lowest BCUT2D eigenvalue weighted by atomic mass is 9.92. The highest BCUT2D eigenvalue weighted by atomic mass is 16.6. The summed E-state index contributed by atoms with van der Waals surface area (Å²) in [5, 5.41) is 10.7. The lowest BCUT2D eigenvalue weighted by Crippen LogP contribution is -2.47. The summed E-state index contributed by atoms with van der Waals surface area (Å²) in [5.74, 6) is 0. The van der Waals surface area contributed by atoms with Crippen molar-refractivity contribution in [2.24, 2.45) is 5.41 Å². The van der Waals surface area contributed by atoms with Gasteiger partial charge in [0.1, 0.15) is 0 Å². The summed E-state index contributed by atoms with van der Waals surface area (Å²) in [6.07, 6.45) is 1.21. The normalized spacial score (nSPS) is 17.0. The van der Waals surface area contributed by atoms with Gasteiger partial charge in [-0.1, -0.05) is 20.8 Å². The molecule has 1 fully saturated rings. The number of nitro benzene ring substituents is 1. The molecule has 0 bridgehead atoms. The number of hydrogen-bond acceptors (Lipinski definition) is 4. The summed E-state index contributed by atoms with van der Waals surface area (Å²) < 4.78 is 0. The highest BCUT2D eigenvalue weighted by molar-refractivity contribution is 5.51. The second kappa shape index (κ2) is 6.43. The molecular weight excluding hydrogens is 266 g/mol. The third-order valence-electron chi connectivity index (χ3n) is 3.98. The molecule has 5 nitrogen and oxygen atoms in total. The highest BCUT2D eigenvalue weighted by Gasteiger charge is 2.19. The number of nitro groups is 1. The molecule has 1 aliphatic heterocycles. The number of nitrogens with zero attached hydrogens (tertiary/aromatic N) is 3. The standard InChI is InChI=1S/C16H25N3O2/c1-16(2,3)8-9-17-10-12-18(13-11-17)14-4-6-15(7-5-14)19(20)21/h4-7H,8-13H2,1-3H3. The molecule has 0 atom stereocenters. The fraction of sp³-hybridized carbons (Fsp3) is 0.625. The number of benzene rings is 1. The van der Waals surface area contributed by atoms with Gasteiger partial charge in [0, 0.05) is 44.0 Å². The van der Waals surface area contributed by atoms with Crippen LogP contribution in [0, 0.1) is 15.5 Å². The molecule has 0 saturated carbocycles. The van der Waals surface area contributed by atoms with Gasteiger partial charge in [0.25, 0.3) is 5.69 Å². The Morgan fingerprint density at radius 2 is 1.67 bits per heavy atom. The zero-order valence-corrected chi connectivity index (χ0v) is 13.2. The topological polar surface area (TPSA) is 49.6 Å². The summed E-state index contributed by atoms with van der Waals surface area (Å²) >= 11 is 0. The van der Waals surface area contributed by atoms with Crippen molar-refractivity contribution in [2.75, 3.05) is 37.6 Å². The number of rotatable bonds is 4. The maximum atomic E-state index is 10.7. The van der Waals surface area contributed by atoms with Crippen LogP contribution in [0.15, 0.2) is 24.3 Å². The van der Waals surface area contributed by atoms with Gasteiger partial charge in [0.05, 0.1) is 4.92 Å². The molecule has 0 aliphatic carbocycles. The van der Waals surface area contributed by atoms with E-state index in [0.717, 1.165) is 38.4 Å². The largest absolute Gasteiger partial charge is 0.369 e. The zero-order chi connectivity index (χ0) is 15.5. The summed E-state index contributed by atoms with van der Waals surface area (Å²) in [5.41, 5.74) is 1.62. The molecule has 1 aromatic carbocycles. The number of hydrogen-bond donors (Lipinski definition) is 0. The molecule has 2 rings (SSSR count). The Labute approximate surface area is 126 Å². The smallest absolute Gasteiger partial charge is 0.269 e. The SMILES string of the molecule is CC(C)(C)CCN1CCN(c2ccc([N+](=O)[O-])cc2)CC1. The molecule has 0 aromatic heterocycles. The van der Waals surface area contributed by atoms with Crippen LogP contribution in [0.25, 0.3) is 0 Å². The van der Waals surface area contributed by atoms with E-state index in [-0.39, 0.29) is 10.6 Å². The van der Waals surface area contributed by atoms with Crippen LogP contribution in [0.5, 0.6) is 0 Å². The van der Waals surface area contributed by atoms with E-state index in [1.165, 1.54) is 6.42 Å². The summed E-state index contributed by atoms with van der Waals surface area (Å²) in [6, 6.07) is 6.87. The Bertz CT molecular complexity index is 471. The minimum atomic E-state index is -0.353. The lowest BCUT2D eigenvalue weighted by Gasteiger charge is -2.37. The average molecular weight is 291 g/mol.